The van der Waals surface area contributed by atoms with Crippen LogP contribution in [-0.2, 0) is 0 Å². The Hall–Kier alpha value is -2.88. The predicted octanol–water partition coefficient (Wildman–Crippen LogP) is 2.58. The summed E-state index contributed by atoms with van der Waals surface area (Å²) in [4.78, 5) is 29.3. The van der Waals surface area contributed by atoms with E-state index in [9.17, 15) is 9.59 Å². The van der Waals surface area contributed by atoms with Gasteiger partial charge >= 0.3 is 5.97 Å². The average Bonchev–Trinajstić information content (AvgIpc) is 2.51. The average molecular weight is 279 g/mol. The molecule has 1 heterocycles. The lowest BCUT2D eigenvalue weighted by Gasteiger charge is -2.09. The van der Waals surface area contributed by atoms with Crippen LogP contribution in [0.3, 0.4) is 0 Å². The maximum Gasteiger partial charge on any atom is 0.363 e. The van der Waals surface area contributed by atoms with E-state index in [-0.39, 0.29) is 5.56 Å². The number of benzene rings is 2. The van der Waals surface area contributed by atoms with Crippen LogP contribution in [0.15, 0.2) is 65.5 Å². The number of para-hydroxylation sites is 1. The highest BCUT2D eigenvalue weighted by Crippen LogP contribution is 2.10. The van der Waals surface area contributed by atoms with Crippen LogP contribution >= 0.6 is 0 Å². The van der Waals surface area contributed by atoms with Crippen LogP contribution in [0.4, 0.5) is 0 Å². The molecule has 0 amide bonds. The number of nitrogens with zero attached hydrogens (tertiary/aromatic N) is 1. The van der Waals surface area contributed by atoms with E-state index in [0.29, 0.717) is 11.1 Å². The zero-order chi connectivity index (χ0) is 14.8. The summed E-state index contributed by atoms with van der Waals surface area (Å²) in [5.41, 5.74) is 1.63. The molecule has 0 bridgehead atoms. The first kappa shape index (κ1) is 13.1. The summed E-state index contributed by atoms with van der Waals surface area (Å²) >= 11 is 0. The van der Waals surface area contributed by atoms with Gasteiger partial charge in [0.15, 0.2) is 0 Å². The number of fused-ring (bicyclic) bond motifs is 1. The van der Waals surface area contributed by atoms with Gasteiger partial charge in [0.1, 0.15) is 0 Å². The van der Waals surface area contributed by atoms with Crippen molar-refractivity contribution in [1.82, 2.24) is 4.73 Å². The summed E-state index contributed by atoms with van der Waals surface area (Å²) < 4.78 is 1.03. The van der Waals surface area contributed by atoms with Gasteiger partial charge < -0.3 is 4.84 Å². The molecule has 0 radical (unpaired) electrons. The van der Waals surface area contributed by atoms with E-state index in [1.807, 2.05) is 31.2 Å². The molecule has 0 aliphatic heterocycles. The predicted molar refractivity (Wildman–Crippen MR) is 80.3 cm³/mol. The molecule has 21 heavy (non-hydrogen) atoms. The Balaban J connectivity index is 2.01. The number of aromatic nitrogens is 1. The minimum absolute atomic E-state index is 0.380. The van der Waals surface area contributed by atoms with E-state index in [2.05, 4.69) is 0 Å². The molecule has 3 aromatic rings. The van der Waals surface area contributed by atoms with Gasteiger partial charge in [-0.25, -0.2) is 4.79 Å². The van der Waals surface area contributed by atoms with Crippen molar-refractivity contribution in [1.29, 1.82) is 0 Å². The smallest absolute Gasteiger partial charge is 0.327 e. The Morgan fingerprint density at radius 2 is 1.67 bits per heavy atom. The molecule has 0 aliphatic carbocycles. The van der Waals surface area contributed by atoms with Crippen LogP contribution in [0.25, 0.3) is 10.9 Å². The van der Waals surface area contributed by atoms with Gasteiger partial charge in [0.2, 0.25) is 0 Å². The molecule has 4 nitrogen and oxygen atoms in total. The van der Waals surface area contributed by atoms with Crippen LogP contribution in [0, 0.1) is 6.92 Å². The molecule has 0 aliphatic rings. The first-order valence-corrected chi connectivity index (χ1v) is 6.55. The van der Waals surface area contributed by atoms with Gasteiger partial charge in [-0.1, -0.05) is 35.9 Å². The molecular formula is C17H13NO3. The number of carbonyl (C=O) groups excluding carboxylic acids is 1. The molecule has 0 atom stereocenters. The second-order valence-corrected chi connectivity index (χ2v) is 4.77. The van der Waals surface area contributed by atoms with E-state index < -0.39 is 5.97 Å². The fraction of sp³-hybridized carbons (Fsp3) is 0.0588. The molecule has 0 unspecified atom stereocenters. The lowest BCUT2D eigenvalue weighted by atomic mass is 10.2. The van der Waals surface area contributed by atoms with Crippen molar-refractivity contribution in [3.63, 3.8) is 0 Å². The normalized spacial score (nSPS) is 10.5. The Morgan fingerprint density at radius 1 is 0.952 bits per heavy atom. The molecule has 0 fully saturated rings. The zero-order valence-corrected chi connectivity index (χ0v) is 11.4. The number of rotatable bonds is 2. The Bertz CT molecular complexity index is 863. The lowest BCUT2D eigenvalue weighted by molar-refractivity contribution is 0.0466. The van der Waals surface area contributed by atoms with Gasteiger partial charge in [0, 0.05) is 11.5 Å². The summed E-state index contributed by atoms with van der Waals surface area (Å²) in [6, 6.07) is 17.3. The van der Waals surface area contributed by atoms with Crippen molar-refractivity contribution < 1.29 is 9.63 Å². The highest BCUT2D eigenvalue weighted by atomic mass is 16.7. The second-order valence-electron chi connectivity index (χ2n) is 4.77. The highest BCUT2D eigenvalue weighted by molar-refractivity contribution is 5.90. The van der Waals surface area contributed by atoms with Crippen LogP contribution in [0.1, 0.15) is 15.9 Å². The van der Waals surface area contributed by atoms with Crippen molar-refractivity contribution in [2.45, 2.75) is 6.92 Å². The third-order valence-corrected chi connectivity index (χ3v) is 3.22. The van der Waals surface area contributed by atoms with Gasteiger partial charge in [-0.05, 0) is 31.2 Å². The van der Waals surface area contributed by atoms with Crippen LogP contribution in [-0.4, -0.2) is 10.7 Å². The number of carbonyl (C=O) groups is 1. The molecule has 3 rings (SSSR count). The standard InChI is InChI=1S/C17H13NO3/c1-12-6-8-14(9-7-12)17(20)21-18-15-5-3-2-4-13(15)10-11-16(18)19/h2-11H,1H3. The van der Waals surface area contributed by atoms with Crippen LogP contribution in [0.5, 0.6) is 0 Å². The van der Waals surface area contributed by atoms with Gasteiger partial charge in [-0.3, -0.25) is 4.79 Å². The highest BCUT2D eigenvalue weighted by Gasteiger charge is 2.11. The van der Waals surface area contributed by atoms with E-state index in [1.165, 1.54) is 6.07 Å². The first-order chi connectivity index (χ1) is 10.1. The van der Waals surface area contributed by atoms with Crippen molar-refractivity contribution in [2.75, 3.05) is 0 Å². The summed E-state index contributed by atoms with van der Waals surface area (Å²) in [5, 5.41) is 0.828. The minimum atomic E-state index is -0.562. The Kier molecular flexibility index (Phi) is 3.28. The molecule has 0 saturated carbocycles. The van der Waals surface area contributed by atoms with Crippen molar-refractivity contribution in [2.24, 2.45) is 0 Å². The van der Waals surface area contributed by atoms with E-state index in [1.54, 1.807) is 30.3 Å². The monoisotopic (exact) mass is 279 g/mol. The molecule has 2 aromatic carbocycles. The van der Waals surface area contributed by atoms with E-state index in [4.69, 9.17) is 4.84 Å². The van der Waals surface area contributed by atoms with Gasteiger partial charge in [0.25, 0.3) is 5.56 Å². The van der Waals surface area contributed by atoms with E-state index >= 15 is 0 Å². The summed E-state index contributed by atoms with van der Waals surface area (Å²) in [6.45, 7) is 1.93. The maximum absolute atomic E-state index is 12.1. The quantitative estimate of drug-likeness (QED) is 0.724. The third-order valence-electron chi connectivity index (χ3n) is 3.22. The van der Waals surface area contributed by atoms with Crippen molar-refractivity contribution in [3.05, 3.63) is 82.1 Å². The molecule has 0 spiro atoms. The molecule has 0 N–H and O–H groups in total. The zero-order valence-electron chi connectivity index (χ0n) is 11.4. The van der Waals surface area contributed by atoms with Crippen molar-refractivity contribution in [3.8, 4) is 0 Å². The minimum Gasteiger partial charge on any atom is -0.327 e. The summed E-state index contributed by atoms with van der Waals surface area (Å²) in [5.74, 6) is -0.562. The maximum atomic E-state index is 12.1. The number of hydrogen-bond acceptors (Lipinski definition) is 3. The van der Waals surface area contributed by atoms with Crippen LogP contribution < -0.4 is 10.4 Å². The fourth-order valence-electron chi connectivity index (χ4n) is 2.08. The van der Waals surface area contributed by atoms with Gasteiger partial charge in [-0.15, -0.1) is 4.73 Å². The SMILES string of the molecule is Cc1ccc(C(=O)On2c(=O)ccc3ccccc32)cc1. The Labute approximate surface area is 121 Å². The lowest BCUT2D eigenvalue weighted by Crippen LogP contribution is -2.30. The van der Waals surface area contributed by atoms with Crippen LogP contribution in [0.2, 0.25) is 0 Å². The topological polar surface area (TPSA) is 48.3 Å². The number of hydrogen-bond donors (Lipinski definition) is 0. The largest absolute Gasteiger partial charge is 0.363 e. The molecule has 1 aromatic heterocycles. The van der Waals surface area contributed by atoms with Crippen molar-refractivity contribution >= 4 is 16.9 Å². The summed E-state index contributed by atoms with van der Waals surface area (Å²) in [7, 11) is 0. The number of aryl methyl sites for hydroxylation is 1. The molecular weight excluding hydrogens is 266 g/mol. The molecule has 0 saturated heterocycles. The molecule has 104 valence electrons. The molecule has 4 heteroatoms. The number of pyridine rings is 1. The van der Waals surface area contributed by atoms with E-state index in [0.717, 1.165) is 15.7 Å². The third kappa shape index (κ3) is 2.56. The Morgan fingerprint density at radius 3 is 2.43 bits per heavy atom. The van der Waals surface area contributed by atoms with Gasteiger partial charge in [0.05, 0.1) is 11.1 Å². The fourth-order valence-corrected chi connectivity index (χ4v) is 2.08. The summed E-state index contributed by atoms with van der Waals surface area (Å²) in [6.07, 6.45) is 0. The van der Waals surface area contributed by atoms with Gasteiger partial charge in [-0.2, -0.15) is 0 Å². The first-order valence-electron chi connectivity index (χ1n) is 6.55. The second kappa shape index (κ2) is 5.25.